The molecular weight excluding hydrogens is 314 g/mol. The molecule has 1 aliphatic heterocycles. The van der Waals surface area contributed by atoms with E-state index >= 15 is 0 Å². The van der Waals surface area contributed by atoms with E-state index in [2.05, 4.69) is 25.9 Å². The van der Waals surface area contributed by atoms with Crippen LogP contribution in [-0.2, 0) is 0 Å². The van der Waals surface area contributed by atoms with Crippen molar-refractivity contribution in [2.75, 3.05) is 24.6 Å². The van der Waals surface area contributed by atoms with E-state index in [0.717, 1.165) is 37.4 Å². The number of aromatic nitrogens is 3. The molecule has 2 aromatic heterocycles. The SMILES string of the molecule is N#Cc1cccc(N2CCC(COc3cc(C4CC4)ncn3)CC2)n1. The first-order valence-corrected chi connectivity index (χ1v) is 8.88. The molecule has 1 aliphatic carbocycles. The van der Waals surface area contributed by atoms with Gasteiger partial charge in [0.2, 0.25) is 5.88 Å². The molecule has 1 saturated heterocycles. The van der Waals surface area contributed by atoms with Crippen LogP contribution >= 0.6 is 0 Å². The molecule has 128 valence electrons. The van der Waals surface area contributed by atoms with Gasteiger partial charge in [0.05, 0.1) is 12.3 Å². The Labute approximate surface area is 147 Å². The summed E-state index contributed by atoms with van der Waals surface area (Å²) in [5, 5.41) is 8.98. The molecule has 0 bridgehead atoms. The van der Waals surface area contributed by atoms with Crippen LogP contribution in [-0.4, -0.2) is 34.6 Å². The quantitative estimate of drug-likeness (QED) is 0.836. The monoisotopic (exact) mass is 335 g/mol. The van der Waals surface area contributed by atoms with Crippen LogP contribution in [0, 0.1) is 17.2 Å². The van der Waals surface area contributed by atoms with Crippen molar-refractivity contribution in [3.8, 4) is 11.9 Å². The summed E-state index contributed by atoms with van der Waals surface area (Å²) in [6.07, 6.45) is 6.18. The summed E-state index contributed by atoms with van der Waals surface area (Å²) in [5.41, 5.74) is 1.58. The standard InChI is InChI=1S/C19H21N5O/c20-11-16-2-1-3-18(23-16)24-8-6-14(7-9-24)12-25-19-10-17(15-4-5-15)21-13-22-19/h1-3,10,13-15H,4-9,12H2. The van der Waals surface area contributed by atoms with E-state index in [1.165, 1.54) is 12.8 Å². The van der Waals surface area contributed by atoms with Gasteiger partial charge in [-0.25, -0.2) is 15.0 Å². The second-order valence-electron chi connectivity index (χ2n) is 6.79. The van der Waals surface area contributed by atoms with E-state index in [0.29, 0.717) is 30.0 Å². The first-order chi connectivity index (χ1) is 12.3. The highest BCUT2D eigenvalue weighted by Gasteiger charge is 2.26. The maximum atomic E-state index is 8.98. The Balaban J connectivity index is 1.29. The molecule has 0 unspecified atom stereocenters. The second kappa shape index (κ2) is 7.06. The third-order valence-corrected chi connectivity index (χ3v) is 4.91. The van der Waals surface area contributed by atoms with Crippen LogP contribution < -0.4 is 9.64 Å². The number of pyridine rings is 1. The van der Waals surface area contributed by atoms with Crippen molar-refractivity contribution < 1.29 is 4.74 Å². The molecule has 6 heteroatoms. The number of nitrogens with zero attached hydrogens (tertiary/aromatic N) is 5. The zero-order chi connectivity index (χ0) is 17.1. The molecule has 0 spiro atoms. The lowest BCUT2D eigenvalue weighted by Crippen LogP contribution is -2.36. The third-order valence-electron chi connectivity index (χ3n) is 4.91. The fourth-order valence-electron chi connectivity index (χ4n) is 3.23. The average Bonchev–Trinajstić information content (AvgIpc) is 3.52. The fourth-order valence-corrected chi connectivity index (χ4v) is 3.23. The van der Waals surface area contributed by atoms with Crippen molar-refractivity contribution in [3.05, 3.63) is 42.0 Å². The molecule has 0 atom stereocenters. The van der Waals surface area contributed by atoms with Crippen molar-refractivity contribution >= 4 is 5.82 Å². The summed E-state index contributed by atoms with van der Waals surface area (Å²) in [7, 11) is 0. The molecular formula is C19H21N5O. The summed E-state index contributed by atoms with van der Waals surface area (Å²) < 4.78 is 5.91. The van der Waals surface area contributed by atoms with Crippen molar-refractivity contribution in [2.45, 2.75) is 31.6 Å². The topological polar surface area (TPSA) is 74.9 Å². The van der Waals surface area contributed by atoms with E-state index < -0.39 is 0 Å². The number of anilines is 1. The summed E-state index contributed by atoms with van der Waals surface area (Å²) >= 11 is 0. The van der Waals surface area contributed by atoms with E-state index in [9.17, 15) is 0 Å². The number of ether oxygens (including phenoxy) is 1. The Morgan fingerprint density at radius 3 is 2.76 bits per heavy atom. The number of rotatable bonds is 5. The van der Waals surface area contributed by atoms with Crippen LogP contribution in [0.2, 0.25) is 0 Å². The number of nitriles is 1. The van der Waals surface area contributed by atoms with Crippen LogP contribution in [0.5, 0.6) is 5.88 Å². The van der Waals surface area contributed by atoms with E-state index in [-0.39, 0.29) is 0 Å². The van der Waals surface area contributed by atoms with Gasteiger partial charge < -0.3 is 9.64 Å². The van der Waals surface area contributed by atoms with Crippen molar-refractivity contribution in [3.63, 3.8) is 0 Å². The van der Waals surface area contributed by atoms with E-state index in [1.807, 2.05) is 18.2 Å². The maximum absolute atomic E-state index is 8.98. The first kappa shape index (κ1) is 15.8. The van der Waals surface area contributed by atoms with Gasteiger partial charge in [-0.05, 0) is 43.7 Å². The molecule has 6 nitrogen and oxygen atoms in total. The number of hydrogen-bond donors (Lipinski definition) is 0. The molecule has 4 rings (SSSR count). The van der Waals surface area contributed by atoms with Gasteiger partial charge in [0, 0.05) is 25.1 Å². The van der Waals surface area contributed by atoms with Crippen molar-refractivity contribution in [1.29, 1.82) is 5.26 Å². The van der Waals surface area contributed by atoms with Crippen molar-refractivity contribution in [1.82, 2.24) is 15.0 Å². The van der Waals surface area contributed by atoms with Crippen LogP contribution in [0.15, 0.2) is 30.6 Å². The normalized spacial score (nSPS) is 18.0. The molecule has 2 aliphatic rings. The highest BCUT2D eigenvalue weighted by molar-refractivity contribution is 5.41. The zero-order valence-corrected chi connectivity index (χ0v) is 14.1. The van der Waals surface area contributed by atoms with Gasteiger partial charge in [0.25, 0.3) is 0 Å². The predicted octanol–water partition coefficient (Wildman–Crippen LogP) is 2.92. The van der Waals surface area contributed by atoms with Crippen LogP contribution in [0.3, 0.4) is 0 Å². The van der Waals surface area contributed by atoms with E-state index in [4.69, 9.17) is 10.00 Å². The first-order valence-electron chi connectivity index (χ1n) is 8.88. The van der Waals surface area contributed by atoms with Crippen LogP contribution in [0.25, 0.3) is 0 Å². The second-order valence-corrected chi connectivity index (χ2v) is 6.79. The highest BCUT2D eigenvalue weighted by Crippen LogP contribution is 2.39. The molecule has 2 fully saturated rings. The summed E-state index contributed by atoms with van der Waals surface area (Å²) in [5.74, 6) is 2.73. The van der Waals surface area contributed by atoms with Gasteiger partial charge in [0.1, 0.15) is 23.9 Å². The smallest absolute Gasteiger partial charge is 0.216 e. The molecule has 0 N–H and O–H groups in total. The number of hydrogen-bond acceptors (Lipinski definition) is 6. The average molecular weight is 335 g/mol. The lowest BCUT2D eigenvalue weighted by molar-refractivity contribution is 0.215. The minimum absolute atomic E-state index is 0.471. The van der Waals surface area contributed by atoms with Crippen molar-refractivity contribution in [2.24, 2.45) is 5.92 Å². The van der Waals surface area contributed by atoms with Gasteiger partial charge in [-0.2, -0.15) is 5.26 Å². The maximum Gasteiger partial charge on any atom is 0.216 e. The Hall–Kier alpha value is -2.68. The molecule has 25 heavy (non-hydrogen) atoms. The minimum Gasteiger partial charge on any atom is -0.477 e. The summed E-state index contributed by atoms with van der Waals surface area (Å²) in [6, 6.07) is 9.69. The molecule has 0 amide bonds. The third kappa shape index (κ3) is 3.87. The largest absolute Gasteiger partial charge is 0.477 e. The molecule has 0 aromatic carbocycles. The molecule has 3 heterocycles. The van der Waals surface area contributed by atoms with E-state index in [1.54, 1.807) is 12.4 Å². The lowest BCUT2D eigenvalue weighted by atomic mass is 9.98. The fraction of sp³-hybridized carbons (Fsp3) is 0.474. The predicted molar refractivity (Wildman–Crippen MR) is 93.4 cm³/mol. The Morgan fingerprint density at radius 1 is 1.16 bits per heavy atom. The van der Waals surface area contributed by atoms with Crippen LogP contribution in [0.4, 0.5) is 5.82 Å². The molecule has 1 saturated carbocycles. The molecule has 0 radical (unpaired) electrons. The Morgan fingerprint density at radius 2 is 2.00 bits per heavy atom. The Kier molecular flexibility index (Phi) is 4.47. The zero-order valence-electron chi connectivity index (χ0n) is 14.1. The van der Waals surface area contributed by atoms with Gasteiger partial charge in [0.15, 0.2) is 0 Å². The van der Waals surface area contributed by atoms with Gasteiger partial charge >= 0.3 is 0 Å². The van der Waals surface area contributed by atoms with Gasteiger partial charge in [-0.3, -0.25) is 0 Å². The highest BCUT2D eigenvalue weighted by atomic mass is 16.5. The van der Waals surface area contributed by atoms with Crippen LogP contribution in [0.1, 0.15) is 43.0 Å². The molecule has 2 aromatic rings. The summed E-state index contributed by atoms with van der Waals surface area (Å²) in [6.45, 7) is 2.57. The van der Waals surface area contributed by atoms with Gasteiger partial charge in [-0.1, -0.05) is 6.07 Å². The lowest BCUT2D eigenvalue weighted by Gasteiger charge is -2.32. The number of piperidine rings is 1. The summed E-state index contributed by atoms with van der Waals surface area (Å²) in [4.78, 5) is 15.2. The van der Waals surface area contributed by atoms with Gasteiger partial charge in [-0.15, -0.1) is 0 Å². The minimum atomic E-state index is 0.471. The Bertz CT molecular complexity index is 775.